The maximum absolute atomic E-state index is 12.3. The molecule has 3 saturated carbocycles. The molecule has 3 fully saturated rings. The number of fused-ring (bicyclic) bond motifs is 6. The van der Waals surface area contributed by atoms with Crippen molar-refractivity contribution in [3.63, 3.8) is 0 Å². The van der Waals surface area contributed by atoms with Gasteiger partial charge >= 0.3 is 0 Å². The maximum atomic E-state index is 12.3. The third kappa shape index (κ3) is 2.63. The lowest BCUT2D eigenvalue weighted by atomic mass is 9.47. The summed E-state index contributed by atoms with van der Waals surface area (Å²) in [5.41, 5.74) is 2.52. The Kier molecular flexibility index (Phi) is 4.35. The van der Waals surface area contributed by atoms with Gasteiger partial charge in [-0.05, 0) is 79.9 Å². The number of hydrogen-bond acceptors (Lipinski definition) is 3. The number of amides is 1. The van der Waals surface area contributed by atoms with Crippen molar-refractivity contribution in [2.45, 2.75) is 64.3 Å². The standard InChI is InChI=1S/C27H35N3O2/c1-26-13-11-19-17(6-10-23-27(19,2)14-12-24(31)30(23)3)18(26)7-8-20(26)25-28-21-9-5-16(32-4)15-22(21)29-25/h5,9,12,14-15,17-20,23H,6-8,10-11,13H2,1-4H3,(H,28,29)/t17-,18-,19-,20+,23+,26-,27+/m0/s1. The Labute approximate surface area is 190 Å². The summed E-state index contributed by atoms with van der Waals surface area (Å²) in [5, 5.41) is 0. The second-order valence-electron chi connectivity index (χ2n) is 11.3. The fourth-order valence-corrected chi connectivity index (χ4v) is 8.49. The summed E-state index contributed by atoms with van der Waals surface area (Å²) in [6.07, 6.45) is 11.5. The van der Waals surface area contributed by atoms with E-state index >= 15 is 0 Å². The fourth-order valence-electron chi connectivity index (χ4n) is 8.49. The van der Waals surface area contributed by atoms with E-state index in [0.717, 1.165) is 35.0 Å². The normalized spacial score (nSPS) is 40.8. The summed E-state index contributed by atoms with van der Waals surface area (Å²) in [6.45, 7) is 4.97. The van der Waals surface area contributed by atoms with E-state index in [1.165, 1.54) is 37.9 Å². The minimum atomic E-state index is 0.112. The first-order valence-electron chi connectivity index (χ1n) is 12.3. The van der Waals surface area contributed by atoms with E-state index in [9.17, 15) is 4.79 Å². The van der Waals surface area contributed by atoms with Crippen molar-refractivity contribution in [1.82, 2.24) is 14.9 Å². The molecule has 6 rings (SSSR count). The Morgan fingerprint density at radius 3 is 2.78 bits per heavy atom. The topological polar surface area (TPSA) is 58.2 Å². The molecule has 0 radical (unpaired) electrons. The number of hydrogen-bond donors (Lipinski definition) is 1. The third-order valence-corrected chi connectivity index (χ3v) is 10.2. The molecule has 0 bridgehead atoms. The van der Waals surface area contributed by atoms with Crippen molar-refractivity contribution in [3.8, 4) is 5.75 Å². The van der Waals surface area contributed by atoms with E-state index in [2.05, 4.69) is 37.0 Å². The van der Waals surface area contributed by atoms with Gasteiger partial charge in [-0.3, -0.25) is 4.79 Å². The van der Waals surface area contributed by atoms with Gasteiger partial charge in [-0.15, -0.1) is 0 Å². The zero-order valence-corrected chi connectivity index (χ0v) is 19.7. The number of nitrogens with zero attached hydrogens (tertiary/aromatic N) is 2. The molecule has 1 aromatic heterocycles. The van der Waals surface area contributed by atoms with Crippen LogP contribution in [0.1, 0.15) is 64.1 Å². The summed E-state index contributed by atoms with van der Waals surface area (Å²) >= 11 is 0. The van der Waals surface area contributed by atoms with Gasteiger partial charge < -0.3 is 14.6 Å². The zero-order valence-electron chi connectivity index (χ0n) is 19.7. The van der Waals surface area contributed by atoms with Crippen LogP contribution < -0.4 is 4.74 Å². The summed E-state index contributed by atoms with van der Waals surface area (Å²) in [4.78, 5) is 23.0. The second kappa shape index (κ2) is 6.85. The number of imidazole rings is 1. The Bertz CT molecular complexity index is 1110. The minimum Gasteiger partial charge on any atom is -0.497 e. The molecule has 3 aliphatic carbocycles. The molecular formula is C27H35N3O2. The number of rotatable bonds is 2. The summed E-state index contributed by atoms with van der Waals surface area (Å²) in [6, 6.07) is 6.48. The van der Waals surface area contributed by atoms with Gasteiger partial charge in [0, 0.05) is 30.5 Å². The van der Waals surface area contributed by atoms with Crippen LogP contribution in [0, 0.1) is 28.6 Å². The number of carbonyl (C=O) groups is 1. The average molecular weight is 434 g/mol. The first-order chi connectivity index (χ1) is 15.3. The molecule has 5 heteroatoms. The minimum absolute atomic E-state index is 0.112. The third-order valence-electron chi connectivity index (χ3n) is 10.2. The lowest BCUT2D eigenvalue weighted by molar-refractivity contribution is -0.138. The predicted molar refractivity (Wildman–Crippen MR) is 125 cm³/mol. The van der Waals surface area contributed by atoms with Crippen molar-refractivity contribution in [3.05, 3.63) is 36.2 Å². The van der Waals surface area contributed by atoms with Crippen LogP contribution in [0.2, 0.25) is 0 Å². The number of aromatic amines is 1. The molecule has 1 aromatic carbocycles. The smallest absolute Gasteiger partial charge is 0.246 e. The molecular weight excluding hydrogens is 398 g/mol. The lowest BCUT2D eigenvalue weighted by Crippen LogP contribution is -2.59. The predicted octanol–water partition coefficient (Wildman–Crippen LogP) is 5.29. The van der Waals surface area contributed by atoms with Gasteiger partial charge in [-0.1, -0.05) is 19.9 Å². The van der Waals surface area contributed by atoms with E-state index in [0.29, 0.717) is 23.3 Å². The molecule has 32 heavy (non-hydrogen) atoms. The molecule has 1 aliphatic heterocycles. The van der Waals surface area contributed by atoms with Crippen LogP contribution in [0.25, 0.3) is 11.0 Å². The number of aromatic nitrogens is 2. The second-order valence-corrected chi connectivity index (χ2v) is 11.3. The Morgan fingerprint density at radius 2 is 1.97 bits per heavy atom. The van der Waals surface area contributed by atoms with Gasteiger partial charge in [0.2, 0.25) is 5.91 Å². The number of likely N-dealkylation sites (N-methyl/N-ethyl adjacent to an activating group) is 1. The number of ether oxygens (including phenoxy) is 1. The molecule has 2 aromatic rings. The quantitative estimate of drug-likeness (QED) is 0.700. The first kappa shape index (κ1) is 20.3. The van der Waals surface area contributed by atoms with E-state index < -0.39 is 0 Å². The van der Waals surface area contributed by atoms with Crippen LogP contribution in [0.15, 0.2) is 30.4 Å². The van der Waals surface area contributed by atoms with Crippen LogP contribution in [0.3, 0.4) is 0 Å². The average Bonchev–Trinajstić information content (AvgIpc) is 3.36. The highest BCUT2D eigenvalue weighted by Gasteiger charge is 2.60. The molecule has 4 aliphatic rings. The van der Waals surface area contributed by atoms with Crippen molar-refractivity contribution >= 4 is 16.9 Å². The van der Waals surface area contributed by atoms with Gasteiger partial charge in [-0.25, -0.2) is 4.98 Å². The van der Waals surface area contributed by atoms with Crippen LogP contribution in [0.4, 0.5) is 0 Å². The zero-order chi connectivity index (χ0) is 22.3. The highest BCUT2D eigenvalue weighted by molar-refractivity contribution is 5.89. The van der Waals surface area contributed by atoms with Crippen LogP contribution in [-0.4, -0.2) is 41.0 Å². The first-order valence-corrected chi connectivity index (χ1v) is 12.3. The molecule has 0 spiro atoms. The van der Waals surface area contributed by atoms with Gasteiger partial charge in [0.05, 0.1) is 18.1 Å². The molecule has 5 nitrogen and oxygen atoms in total. The van der Waals surface area contributed by atoms with Gasteiger partial charge in [0.1, 0.15) is 11.6 Å². The molecule has 2 heterocycles. The monoisotopic (exact) mass is 433 g/mol. The van der Waals surface area contributed by atoms with Crippen LogP contribution in [-0.2, 0) is 4.79 Å². The van der Waals surface area contributed by atoms with Crippen molar-refractivity contribution < 1.29 is 9.53 Å². The van der Waals surface area contributed by atoms with Crippen molar-refractivity contribution in [1.29, 1.82) is 0 Å². The Morgan fingerprint density at radius 1 is 1.12 bits per heavy atom. The largest absolute Gasteiger partial charge is 0.497 e. The SMILES string of the molecule is COc1ccc2nc([C@H]3CC[C@H]4[C@@H]5CC[C@H]6N(C)C(=O)C=C[C@]6(C)[C@H]5CC[C@]34C)[nH]c2c1. The van der Waals surface area contributed by atoms with E-state index in [1.54, 1.807) is 7.11 Å². The molecule has 0 saturated heterocycles. The van der Waals surface area contributed by atoms with E-state index in [4.69, 9.17) is 9.72 Å². The fraction of sp³-hybridized carbons (Fsp3) is 0.630. The molecule has 0 unspecified atom stereocenters. The molecule has 170 valence electrons. The number of nitrogens with one attached hydrogen (secondary N) is 1. The Balaban J connectivity index is 1.32. The maximum Gasteiger partial charge on any atom is 0.246 e. The molecule has 1 N–H and O–H groups in total. The van der Waals surface area contributed by atoms with Crippen LogP contribution >= 0.6 is 0 Å². The summed E-state index contributed by atoms with van der Waals surface area (Å²) in [5.74, 6) is 4.86. The lowest BCUT2D eigenvalue weighted by Gasteiger charge is -2.60. The van der Waals surface area contributed by atoms with Gasteiger partial charge in [0.15, 0.2) is 0 Å². The number of H-pyrrole nitrogens is 1. The summed E-state index contributed by atoms with van der Waals surface area (Å²) < 4.78 is 5.41. The van der Waals surface area contributed by atoms with Gasteiger partial charge in [-0.2, -0.15) is 0 Å². The van der Waals surface area contributed by atoms with Crippen molar-refractivity contribution in [2.75, 3.05) is 14.2 Å². The van der Waals surface area contributed by atoms with Crippen LogP contribution in [0.5, 0.6) is 5.75 Å². The summed E-state index contributed by atoms with van der Waals surface area (Å²) in [7, 11) is 3.72. The number of methoxy groups -OCH3 is 1. The van der Waals surface area contributed by atoms with E-state index in [1.807, 2.05) is 24.1 Å². The van der Waals surface area contributed by atoms with Gasteiger partial charge in [0.25, 0.3) is 0 Å². The number of carbonyl (C=O) groups excluding carboxylic acids is 1. The van der Waals surface area contributed by atoms with Crippen molar-refractivity contribution in [2.24, 2.45) is 28.6 Å². The Hall–Kier alpha value is -2.30. The highest BCUT2D eigenvalue weighted by atomic mass is 16.5. The number of benzene rings is 1. The van der Waals surface area contributed by atoms with E-state index in [-0.39, 0.29) is 11.3 Å². The molecule has 1 amide bonds. The molecule has 7 atom stereocenters. The highest BCUT2D eigenvalue weighted by Crippen LogP contribution is 2.67.